The number of anilines is 1. The molecule has 1 saturated heterocycles. The predicted octanol–water partition coefficient (Wildman–Crippen LogP) is 4.20. The summed E-state index contributed by atoms with van der Waals surface area (Å²) in [5, 5.41) is 13.3. The zero-order valence-electron chi connectivity index (χ0n) is 14.1. The molecule has 0 unspecified atom stereocenters. The van der Waals surface area contributed by atoms with E-state index in [1.54, 1.807) is 6.08 Å². The molecule has 0 saturated carbocycles. The lowest BCUT2D eigenvalue weighted by molar-refractivity contribution is -0.384. The molecule has 28 heavy (non-hydrogen) atoms. The summed E-state index contributed by atoms with van der Waals surface area (Å²) in [6, 6.07) is 12.9. The van der Waals surface area contributed by atoms with E-state index in [-0.39, 0.29) is 18.1 Å². The molecule has 0 spiro atoms. The minimum atomic E-state index is -0.525. The maximum atomic E-state index is 12.6. The van der Waals surface area contributed by atoms with Crippen molar-refractivity contribution >= 4 is 73.5 Å². The maximum absolute atomic E-state index is 12.6. The Balaban J connectivity index is 1.66. The number of thiocarbonyl (C=S) groups is 1. The molecule has 0 aliphatic carbocycles. The van der Waals surface area contributed by atoms with Gasteiger partial charge in [0.25, 0.3) is 11.6 Å². The van der Waals surface area contributed by atoms with Gasteiger partial charge in [0.15, 0.2) is 0 Å². The first-order valence-electron chi connectivity index (χ1n) is 7.89. The predicted molar refractivity (Wildman–Crippen MR) is 116 cm³/mol. The number of benzene rings is 2. The van der Waals surface area contributed by atoms with Gasteiger partial charge >= 0.3 is 0 Å². The molecule has 1 aliphatic heterocycles. The minimum absolute atomic E-state index is 0.0763. The van der Waals surface area contributed by atoms with Crippen LogP contribution in [-0.2, 0) is 9.59 Å². The highest BCUT2D eigenvalue weighted by atomic mass is 79.9. The Kier molecular flexibility index (Phi) is 6.22. The van der Waals surface area contributed by atoms with Gasteiger partial charge in [0, 0.05) is 22.3 Å². The van der Waals surface area contributed by atoms with E-state index in [1.807, 2.05) is 24.3 Å². The Morgan fingerprint density at radius 1 is 1.29 bits per heavy atom. The second-order valence-electron chi connectivity index (χ2n) is 5.68. The summed E-state index contributed by atoms with van der Waals surface area (Å²) < 4.78 is 1.18. The van der Waals surface area contributed by atoms with Crippen LogP contribution in [0.1, 0.15) is 5.56 Å². The lowest BCUT2D eigenvalue weighted by atomic mass is 10.2. The van der Waals surface area contributed by atoms with E-state index in [1.165, 1.54) is 29.2 Å². The van der Waals surface area contributed by atoms with E-state index < -0.39 is 10.8 Å². The van der Waals surface area contributed by atoms with E-state index in [4.69, 9.17) is 12.2 Å². The van der Waals surface area contributed by atoms with Gasteiger partial charge in [-0.15, -0.1) is 0 Å². The molecule has 0 atom stereocenters. The molecule has 2 aromatic carbocycles. The lowest BCUT2D eigenvalue weighted by Gasteiger charge is -2.14. The van der Waals surface area contributed by atoms with Crippen LogP contribution >= 0.6 is 39.9 Å². The van der Waals surface area contributed by atoms with Gasteiger partial charge in [-0.05, 0) is 35.9 Å². The molecule has 7 nitrogen and oxygen atoms in total. The largest absolute Gasteiger partial charge is 0.325 e. The summed E-state index contributed by atoms with van der Waals surface area (Å²) in [7, 11) is 0. The standard InChI is InChI=1S/C18H12BrN3O4S2/c19-12-3-1-2-11(8-12)9-15-17(24)21(18(27)28-15)10-16(23)20-13-4-6-14(7-5-13)22(25)26/h1-9H,10H2,(H,20,23)/b15-9+. The number of hydrogen-bond acceptors (Lipinski definition) is 6. The third-order valence-electron chi connectivity index (χ3n) is 3.68. The normalized spacial score (nSPS) is 15.2. The number of nitro groups is 1. The van der Waals surface area contributed by atoms with Gasteiger partial charge in [-0.25, -0.2) is 0 Å². The second kappa shape index (κ2) is 8.63. The van der Waals surface area contributed by atoms with Crippen molar-refractivity contribution in [3.63, 3.8) is 0 Å². The van der Waals surface area contributed by atoms with Crippen molar-refractivity contribution in [1.29, 1.82) is 0 Å². The summed E-state index contributed by atoms with van der Waals surface area (Å²) >= 11 is 9.74. The summed E-state index contributed by atoms with van der Waals surface area (Å²) in [5.74, 6) is -0.789. The van der Waals surface area contributed by atoms with Crippen LogP contribution in [0.15, 0.2) is 57.9 Å². The molecule has 1 N–H and O–H groups in total. The average Bonchev–Trinajstić information content (AvgIpc) is 2.89. The number of halogens is 1. The van der Waals surface area contributed by atoms with Crippen LogP contribution in [0, 0.1) is 10.1 Å². The van der Waals surface area contributed by atoms with Crippen molar-refractivity contribution in [3.05, 3.63) is 73.6 Å². The van der Waals surface area contributed by atoms with Crippen LogP contribution in [0.4, 0.5) is 11.4 Å². The van der Waals surface area contributed by atoms with Crippen molar-refractivity contribution in [3.8, 4) is 0 Å². The Labute approximate surface area is 178 Å². The Hall–Kier alpha value is -2.56. The van der Waals surface area contributed by atoms with Crippen molar-refractivity contribution in [2.75, 3.05) is 11.9 Å². The third kappa shape index (κ3) is 4.83. The maximum Gasteiger partial charge on any atom is 0.269 e. The molecular weight excluding hydrogens is 466 g/mol. The van der Waals surface area contributed by atoms with Gasteiger partial charge in [0.1, 0.15) is 10.9 Å². The van der Waals surface area contributed by atoms with E-state index >= 15 is 0 Å². The molecule has 10 heteroatoms. The first kappa shape index (κ1) is 20.2. The second-order valence-corrected chi connectivity index (χ2v) is 8.27. The number of non-ortho nitro benzene ring substituents is 1. The van der Waals surface area contributed by atoms with Gasteiger partial charge in [0.2, 0.25) is 5.91 Å². The number of nitrogens with one attached hydrogen (secondary N) is 1. The van der Waals surface area contributed by atoms with Crippen molar-refractivity contribution < 1.29 is 14.5 Å². The van der Waals surface area contributed by atoms with Crippen molar-refractivity contribution in [1.82, 2.24) is 4.90 Å². The molecule has 2 amide bonds. The quantitative estimate of drug-likeness (QED) is 0.300. The lowest BCUT2D eigenvalue weighted by Crippen LogP contribution is -2.36. The molecule has 1 fully saturated rings. The van der Waals surface area contributed by atoms with Crippen LogP contribution in [-0.4, -0.2) is 32.5 Å². The minimum Gasteiger partial charge on any atom is -0.325 e. The highest BCUT2D eigenvalue weighted by Crippen LogP contribution is 2.32. The first-order chi connectivity index (χ1) is 13.3. The van der Waals surface area contributed by atoms with Crippen LogP contribution in [0.5, 0.6) is 0 Å². The number of carbonyl (C=O) groups excluding carboxylic acids is 2. The molecule has 0 radical (unpaired) electrons. The molecule has 1 aliphatic rings. The summed E-state index contributed by atoms with van der Waals surface area (Å²) in [5.41, 5.74) is 1.16. The fourth-order valence-corrected chi connectivity index (χ4v) is 4.07. The average molecular weight is 478 g/mol. The van der Waals surface area contributed by atoms with Gasteiger partial charge in [0.05, 0.1) is 9.83 Å². The number of rotatable bonds is 5. The SMILES string of the molecule is O=C(CN1C(=O)/C(=C\c2cccc(Br)c2)SC1=S)Nc1ccc([N+](=O)[O-])cc1. The first-order valence-corrected chi connectivity index (χ1v) is 9.90. The zero-order valence-corrected chi connectivity index (χ0v) is 17.3. The topological polar surface area (TPSA) is 92.6 Å². The molecule has 3 rings (SSSR count). The highest BCUT2D eigenvalue weighted by molar-refractivity contribution is 9.10. The fourth-order valence-electron chi connectivity index (χ4n) is 2.39. The zero-order chi connectivity index (χ0) is 20.3. The van der Waals surface area contributed by atoms with Crippen LogP contribution < -0.4 is 5.32 Å². The van der Waals surface area contributed by atoms with E-state index in [0.29, 0.717) is 14.9 Å². The Bertz CT molecular complexity index is 1010. The smallest absolute Gasteiger partial charge is 0.269 e. The third-order valence-corrected chi connectivity index (χ3v) is 5.55. The van der Waals surface area contributed by atoms with Crippen LogP contribution in [0.3, 0.4) is 0 Å². The number of nitrogens with zero attached hydrogens (tertiary/aromatic N) is 2. The van der Waals surface area contributed by atoms with Gasteiger partial charge in [-0.1, -0.05) is 52.0 Å². The van der Waals surface area contributed by atoms with Gasteiger partial charge in [-0.3, -0.25) is 24.6 Å². The molecule has 2 aromatic rings. The number of amides is 2. The molecule has 1 heterocycles. The Morgan fingerprint density at radius 3 is 2.64 bits per heavy atom. The van der Waals surface area contributed by atoms with Gasteiger partial charge < -0.3 is 5.32 Å². The molecular formula is C18H12BrN3O4S2. The Morgan fingerprint density at radius 2 is 2.00 bits per heavy atom. The number of hydrogen-bond donors (Lipinski definition) is 1. The van der Waals surface area contributed by atoms with Crippen LogP contribution in [0.25, 0.3) is 6.08 Å². The van der Waals surface area contributed by atoms with Crippen molar-refractivity contribution in [2.24, 2.45) is 0 Å². The number of nitro benzene ring substituents is 1. The molecule has 142 valence electrons. The van der Waals surface area contributed by atoms with E-state index in [9.17, 15) is 19.7 Å². The highest BCUT2D eigenvalue weighted by Gasteiger charge is 2.33. The van der Waals surface area contributed by atoms with Crippen LogP contribution in [0.2, 0.25) is 0 Å². The number of thioether (sulfide) groups is 1. The fraction of sp³-hybridized carbons (Fsp3) is 0.0556. The summed E-state index contributed by atoms with van der Waals surface area (Å²) in [6.07, 6.45) is 1.72. The molecule has 0 bridgehead atoms. The van der Waals surface area contributed by atoms with E-state index in [0.717, 1.165) is 21.8 Å². The monoisotopic (exact) mass is 477 g/mol. The van der Waals surface area contributed by atoms with Gasteiger partial charge in [-0.2, -0.15) is 0 Å². The van der Waals surface area contributed by atoms with Crippen molar-refractivity contribution in [2.45, 2.75) is 0 Å². The summed E-state index contributed by atoms with van der Waals surface area (Å²) in [6.45, 7) is -0.239. The molecule has 0 aromatic heterocycles. The van der Waals surface area contributed by atoms with E-state index in [2.05, 4.69) is 21.2 Å². The summed E-state index contributed by atoms with van der Waals surface area (Å²) in [4.78, 5) is 36.7. The number of carbonyl (C=O) groups is 2.